The van der Waals surface area contributed by atoms with Crippen molar-refractivity contribution < 1.29 is 44.1 Å². The van der Waals surface area contributed by atoms with Gasteiger partial charge in [0.2, 0.25) is 11.9 Å². The zero-order valence-corrected chi connectivity index (χ0v) is 26.0. The molecule has 19 nitrogen and oxygen atoms in total. The third-order valence-corrected chi connectivity index (χ3v) is 7.06. The predicted octanol–water partition coefficient (Wildman–Crippen LogP) is 0.557. The second kappa shape index (κ2) is 16.3. The zero-order valence-electron chi connectivity index (χ0n) is 26.0. The monoisotopic (exact) mass is 689 g/mol. The summed E-state index contributed by atoms with van der Waals surface area (Å²) in [6.07, 6.45) is 0.172. The number of nitrogen functional groups attached to an aromatic ring is 1. The quantitative estimate of drug-likeness (QED) is 0.0776. The van der Waals surface area contributed by atoms with Gasteiger partial charge in [-0.25, -0.2) is 19.6 Å². The summed E-state index contributed by atoms with van der Waals surface area (Å²) in [6, 6.07) is 8.68. The number of aliphatic carboxylic acids is 3. The van der Waals surface area contributed by atoms with Crippen LogP contribution in [0, 0.1) is 0 Å². The highest BCUT2D eigenvalue weighted by Gasteiger charge is 2.23. The van der Waals surface area contributed by atoms with E-state index < -0.39 is 59.7 Å². The molecule has 0 aliphatic carbocycles. The van der Waals surface area contributed by atoms with E-state index in [1.807, 2.05) is 0 Å². The number of H-pyrrole nitrogens is 1. The molecule has 10 N–H and O–H groups in total. The number of rotatable bonds is 16. The molecule has 0 radical (unpaired) electrons. The highest BCUT2D eigenvalue weighted by atomic mass is 16.4. The van der Waals surface area contributed by atoms with Crippen molar-refractivity contribution in [1.82, 2.24) is 30.6 Å². The number of nitrogens with zero attached hydrogens (tertiary/aromatic N) is 3. The standard InChI is InChI=1S/C31H31N9O10/c32-31-39-25-24(28(46)40-31)36-19(14-34-25)13-33-17-5-1-15(2-6-17)26(44)37-20(29(47)48)9-11-22(41)35-18-7-3-16(4-8-18)27(45)38-21(30(49)50)10-12-23(42)43/h1-8,14,20-21,33H,9-13H2,(H,35,41)(H,37,44)(H,38,45)(H,42,43)(H,47,48)(H,49,50)(H3,32,34,39,40,46)/t20-,21-/m0/s1. The molecule has 0 fully saturated rings. The van der Waals surface area contributed by atoms with Gasteiger partial charge in [-0.3, -0.25) is 24.0 Å². The summed E-state index contributed by atoms with van der Waals surface area (Å²) in [6.45, 7) is 0.185. The Hall–Kier alpha value is -6.92. The number of nitrogens with two attached hydrogens (primary N) is 1. The first-order valence-corrected chi connectivity index (χ1v) is 14.8. The molecule has 19 heteroatoms. The number of aromatic nitrogens is 4. The lowest BCUT2D eigenvalue weighted by Gasteiger charge is -2.15. The Morgan fingerprint density at radius 1 is 0.760 bits per heavy atom. The molecule has 0 bridgehead atoms. The maximum atomic E-state index is 12.8. The van der Waals surface area contributed by atoms with Crippen molar-refractivity contribution in [2.24, 2.45) is 0 Å². The second-order valence-corrected chi connectivity index (χ2v) is 10.7. The van der Waals surface area contributed by atoms with E-state index in [0.717, 1.165) is 0 Å². The van der Waals surface area contributed by atoms with Gasteiger partial charge in [-0.2, -0.15) is 4.98 Å². The van der Waals surface area contributed by atoms with Crippen LogP contribution in [0.25, 0.3) is 11.2 Å². The molecule has 50 heavy (non-hydrogen) atoms. The predicted molar refractivity (Wildman–Crippen MR) is 175 cm³/mol. The van der Waals surface area contributed by atoms with E-state index in [2.05, 4.69) is 41.2 Å². The van der Waals surface area contributed by atoms with Crippen molar-refractivity contribution >= 4 is 64.1 Å². The van der Waals surface area contributed by atoms with Gasteiger partial charge in [0.25, 0.3) is 11.8 Å². The van der Waals surface area contributed by atoms with E-state index in [4.69, 9.17) is 10.8 Å². The molecule has 2 aromatic carbocycles. The molecule has 0 aliphatic rings. The number of carboxylic acid groups (broad SMARTS) is 3. The minimum absolute atomic E-state index is 0.0263. The average molecular weight is 690 g/mol. The summed E-state index contributed by atoms with van der Waals surface area (Å²) in [5.74, 6) is -6.04. The van der Waals surface area contributed by atoms with E-state index in [9.17, 15) is 43.8 Å². The van der Waals surface area contributed by atoms with Gasteiger partial charge in [-0.1, -0.05) is 0 Å². The Kier molecular flexibility index (Phi) is 11.7. The summed E-state index contributed by atoms with van der Waals surface area (Å²) >= 11 is 0. The van der Waals surface area contributed by atoms with Crippen LogP contribution in [0.4, 0.5) is 17.3 Å². The summed E-state index contributed by atoms with van der Waals surface area (Å²) < 4.78 is 0. The molecule has 3 amide bonds. The summed E-state index contributed by atoms with van der Waals surface area (Å²) in [5, 5.41) is 37.9. The molecule has 0 unspecified atom stereocenters. The smallest absolute Gasteiger partial charge is 0.326 e. The Labute approximate surface area is 281 Å². The van der Waals surface area contributed by atoms with Crippen molar-refractivity contribution in [2.45, 2.75) is 44.3 Å². The first-order chi connectivity index (χ1) is 23.8. The van der Waals surface area contributed by atoms with Gasteiger partial charge >= 0.3 is 23.5 Å². The third-order valence-electron chi connectivity index (χ3n) is 7.06. The van der Waals surface area contributed by atoms with Gasteiger partial charge in [0, 0.05) is 35.3 Å². The highest BCUT2D eigenvalue weighted by Crippen LogP contribution is 2.14. The molecule has 2 aromatic heterocycles. The van der Waals surface area contributed by atoms with E-state index in [1.54, 1.807) is 12.1 Å². The number of hydrogen-bond donors (Lipinski definition) is 9. The van der Waals surface area contributed by atoms with Crippen LogP contribution in [-0.2, 0) is 25.7 Å². The van der Waals surface area contributed by atoms with Crippen LogP contribution >= 0.6 is 0 Å². The number of benzene rings is 2. The molecule has 0 saturated heterocycles. The lowest BCUT2D eigenvalue weighted by molar-refractivity contribution is -0.141. The lowest BCUT2D eigenvalue weighted by atomic mass is 10.1. The minimum atomic E-state index is -1.41. The number of aromatic amines is 1. The summed E-state index contributed by atoms with van der Waals surface area (Å²) in [7, 11) is 0. The van der Waals surface area contributed by atoms with Gasteiger partial charge in [0.1, 0.15) is 12.1 Å². The maximum absolute atomic E-state index is 12.8. The summed E-state index contributed by atoms with van der Waals surface area (Å²) in [4.78, 5) is 98.2. The number of fused-ring (bicyclic) bond motifs is 1. The number of anilines is 3. The van der Waals surface area contributed by atoms with E-state index >= 15 is 0 Å². The Balaban J connectivity index is 1.25. The van der Waals surface area contributed by atoms with E-state index in [0.29, 0.717) is 11.4 Å². The molecule has 0 spiro atoms. The zero-order chi connectivity index (χ0) is 36.4. The fraction of sp³-hybridized carbons (Fsp3) is 0.226. The van der Waals surface area contributed by atoms with Gasteiger partial charge in [-0.15, -0.1) is 0 Å². The van der Waals surface area contributed by atoms with Gasteiger partial charge < -0.3 is 47.3 Å². The number of hydrogen-bond acceptors (Lipinski definition) is 12. The van der Waals surface area contributed by atoms with Crippen molar-refractivity contribution in [3.8, 4) is 0 Å². The molecule has 4 aromatic rings. The highest BCUT2D eigenvalue weighted by molar-refractivity contribution is 5.98. The number of carboxylic acids is 3. The fourth-order valence-electron chi connectivity index (χ4n) is 4.46. The molecule has 2 heterocycles. The maximum Gasteiger partial charge on any atom is 0.326 e. The molecule has 2 atom stereocenters. The normalized spacial score (nSPS) is 11.9. The summed E-state index contributed by atoms with van der Waals surface area (Å²) in [5.41, 5.74) is 6.62. The molecule has 4 rings (SSSR count). The van der Waals surface area contributed by atoms with Crippen molar-refractivity contribution in [3.05, 3.63) is 81.9 Å². The van der Waals surface area contributed by atoms with Crippen LogP contribution in [-0.4, -0.2) is 83.0 Å². The SMILES string of the molecule is Nc1nc(=O)c2nc(CNc3ccc(C(=O)N[C@@H](CCC(=O)Nc4ccc(C(=O)N[C@@H](CCC(=O)O)C(=O)O)cc4)C(=O)O)cc3)cnc2[nH]1. The number of carbonyl (C=O) groups is 6. The van der Waals surface area contributed by atoms with Crippen molar-refractivity contribution in [3.63, 3.8) is 0 Å². The number of amides is 3. The van der Waals surface area contributed by atoms with Crippen LogP contribution in [0.1, 0.15) is 52.1 Å². The first kappa shape index (κ1) is 35.9. The topological polar surface area (TPSA) is 309 Å². The van der Waals surface area contributed by atoms with Gasteiger partial charge in [0.15, 0.2) is 11.2 Å². The Morgan fingerprint density at radius 3 is 1.84 bits per heavy atom. The van der Waals surface area contributed by atoms with Crippen LogP contribution in [0.2, 0.25) is 0 Å². The van der Waals surface area contributed by atoms with Crippen LogP contribution in [0.15, 0.2) is 59.5 Å². The van der Waals surface area contributed by atoms with Crippen molar-refractivity contribution in [1.29, 1.82) is 0 Å². The van der Waals surface area contributed by atoms with Crippen LogP contribution in [0.5, 0.6) is 0 Å². The average Bonchev–Trinajstić information content (AvgIpc) is 3.07. The first-order valence-electron chi connectivity index (χ1n) is 14.8. The molecular weight excluding hydrogens is 658 g/mol. The number of nitrogens with one attached hydrogen (secondary N) is 5. The molecule has 0 saturated carbocycles. The molecular formula is C31H31N9O10. The largest absolute Gasteiger partial charge is 0.481 e. The molecule has 0 aliphatic heterocycles. The van der Waals surface area contributed by atoms with E-state index in [1.165, 1.54) is 42.6 Å². The van der Waals surface area contributed by atoms with Crippen LogP contribution in [0.3, 0.4) is 0 Å². The molecule has 260 valence electrons. The van der Waals surface area contributed by atoms with Gasteiger partial charge in [-0.05, 0) is 61.4 Å². The van der Waals surface area contributed by atoms with Gasteiger partial charge in [0.05, 0.1) is 18.4 Å². The lowest BCUT2D eigenvalue weighted by Crippen LogP contribution is -2.41. The number of carbonyl (C=O) groups excluding carboxylic acids is 3. The van der Waals surface area contributed by atoms with Crippen molar-refractivity contribution in [2.75, 3.05) is 16.4 Å². The second-order valence-electron chi connectivity index (χ2n) is 10.7. The van der Waals surface area contributed by atoms with Crippen LogP contribution < -0.4 is 32.6 Å². The minimum Gasteiger partial charge on any atom is -0.481 e. The fourth-order valence-corrected chi connectivity index (χ4v) is 4.46. The Morgan fingerprint density at radius 2 is 1.30 bits per heavy atom. The Bertz CT molecular complexity index is 1980. The third kappa shape index (κ3) is 10.0. The van der Waals surface area contributed by atoms with E-state index in [-0.39, 0.29) is 59.7 Å².